The van der Waals surface area contributed by atoms with Crippen molar-refractivity contribution >= 4 is 10.9 Å². The highest BCUT2D eigenvalue weighted by atomic mass is 19.4. The molecule has 0 saturated carbocycles. The van der Waals surface area contributed by atoms with Gasteiger partial charge < -0.3 is 15.8 Å². The smallest absolute Gasteiger partial charge is 0.431 e. The van der Waals surface area contributed by atoms with Gasteiger partial charge in [0.05, 0.1) is 0 Å². The van der Waals surface area contributed by atoms with Gasteiger partial charge in [-0.1, -0.05) is 0 Å². The number of H-pyrrole nitrogens is 1. The maximum atomic E-state index is 12.8. The van der Waals surface area contributed by atoms with E-state index in [1.165, 1.54) is 18.2 Å². The van der Waals surface area contributed by atoms with E-state index >= 15 is 0 Å². The number of benzene rings is 1. The molecule has 0 radical (unpaired) electrons. The second kappa shape index (κ2) is 3.96. The molecule has 0 fully saturated rings. The van der Waals surface area contributed by atoms with Crippen molar-refractivity contribution in [2.45, 2.75) is 12.6 Å². The molecule has 2 aromatic rings. The van der Waals surface area contributed by atoms with Gasteiger partial charge in [0.15, 0.2) is 0 Å². The highest BCUT2D eigenvalue weighted by Gasteiger charge is 2.36. The summed E-state index contributed by atoms with van der Waals surface area (Å²) < 4.78 is 38.3. The number of nitrogens with one attached hydrogen (secondary N) is 1. The Kier molecular flexibility index (Phi) is 2.74. The van der Waals surface area contributed by atoms with E-state index in [0.29, 0.717) is 10.9 Å². The average Bonchev–Trinajstić information content (AvgIpc) is 2.57. The van der Waals surface area contributed by atoms with Crippen molar-refractivity contribution in [3.05, 3.63) is 29.5 Å². The number of aromatic amines is 1. The third-order valence-electron chi connectivity index (χ3n) is 2.57. The zero-order valence-corrected chi connectivity index (χ0v) is 8.80. The quantitative estimate of drug-likeness (QED) is 0.759. The van der Waals surface area contributed by atoms with Crippen molar-refractivity contribution < 1.29 is 18.3 Å². The average molecular weight is 244 g/mol. The van der Waals surface area contributed by atoms with Crippen molar-refractivity contribution in [2.24, 2.45) is 5.73 Å². The molecule has 0 aliphatic carbocycles. The molecular weight excluding hydrogens is 233 g/mol. The van der Waals surface area contributed by atoms with Crippen LogP contribution >= 0.6 is 0 Å². The SMILES string of the molecule is NCCc1c(C(F)(F)F)[nH]c2ccc(O)cc12. The normalized spacial score (nSPS) is 12.2. The van der Waals surface area contributed by atoms with E-state index in [9.17, 15) is 18.3 Å². The molecule has 0 spiro atoms. The van der Waals surface area contributed by atoms with E-state index in [2.05, 4.69) is 4.98 Å². The Balaban J connectivity index is 2.71. The summed E-state index contributed by atoms with van der Waals surface area (Å²) in [5.41, 5.74) is 4.98. The number of nitrogens with two attached hydrogens (primary N) is 1. The first-order valence-electron chi connectivity index (χ1n) is 5.04. The zero-order chi connectivity index (χ0) is 12.6. The van der Waals surface area contributed by atoms with Crippen LogP contribution in [0.1, 0.15) is 11.3 Å². The molecule has 1 aromatic carbocycles. The number of phenolic OH excluding ortho intramolecular Hbond substituents is 1. The van der Waals surface area contributed by atoms with Crippen LogP contribution in [0, 0.1) is 0 Å². The van der Waals surface area contributed by atoms with Gasteiger partial charge in [-0.15, -0.1) is 0 Å². The van der Waals surface area contributed by atoms with Gasteiger partial charge in [0.2, 0.25) is 0 Å². The predicted molar refractivity (Wildman–Crippen MR) is 57.7 cm³/mol. The summed E-state index contributed by atoms with van der Waals surface area (Å²) in [4.78, 5) is 2.32. The molecule has 0 bridgehead atoms. The molecule has 0 atom stereocenters. The standard InChI is InChI=1S/C11H11F3N2O/c12-11(13,14)10-7(3-4-15)8-5-6(17)1-2-9(8)16-10/h1-2,5,16-17H,3-4,15H2. The molecule has 0 aliphatic heterocycles. The van der Waals surface area contributed by atoms with Gasteiger partial charge in [0, 0.05) is 10.9 Å². The van der Waals surface area contributed by atoms with Gasteiger partial charge in [0.1, 0.15) is 11.4 Å². The Bertz CT molecular complexity index is 545. The Labute approximate surface area is 95.0 Å². The molecule has 0 aliphatic rings. The van der Waals surface area contributed by atoms with Crippen LogP contribution in [0.3, 0.4) is 0 Å². The number of hydrogen-bond acceptors (Lipinski definition) is 2. The summed E-state index contributed by atoms with van der Waals surface area (Å²) in [7, 11) is 0. The van der Waals surface area contributed by atoms with Crippen LogP contribution in [0.15, 0.2) is 18.2 Å². The Morgan fingerprint density at radius 1 is 1.29 bits per heavy atom. The van der Waals surface area contributed by atoms with Crippen LogP contribution in [0.2, 0.25) is 0 Å². The van der Waals surface area contributed by atoms with E-state index in [0.717, 1.165) is 0 Å². The fraction of sp³-hybridized carbons (Fsp3) is 0.273. The summed E-state index contributed by atoms with van der Waals surface area (Å²) in [6, 6.07) is 4.07. The van der Waals surface area contributed by atoms with E-state index in [1.54, 1.807) is 0 Å². The van der Waals surface area contributed by atoms with E-state index in [1.807, 2.05) is 0 Å². The minimum Gasteiger partial charge on any atom is -0.508 e. The first-order valence-corrected chi connectivity index (χ1v) is 5.04. The third-order valence-corrected chi connectivity index (χ3v) is 2.57. The molecule has 0 amide bonds. The minimum atomic E-state index is -4.45. The lowest BCUT2D eigenvalue weighted by atomic mass is 10.1. The number of phenols is 1. The third kappa shape index (κ3) is 2.08. The first kappa shape index (κ1) is 11.8. The lowest BCUT2D eigenvalue weighted by molar-refractivity contribution is -0.141. The number of alkyl halides is 3. The molecule has 6 heteroatoms. The molecule has 17 heavy (non-hydrogen) atoms. The van der Waals surface area contributed by atoms with Crippen LogP contribution < -0.4 is 5.73 Å². The maximum absolute atomic E-state index is 12.8. The van der Waals surface area contributed by atoms with Crippen LogP contribution in [0.5, 0.6) is 5.75 Å². The Morgan fingerprint density at radius 2 is 2.00 bits per heavy atom. The van der Waals surface area contributed by atoms with Crippen molar-refractivity contribution in [1.29, 1.82) is 0 Å². The van der Waals surface area contributed by atoms with Crippen LogP contribution in [0.25, 0.3) is 10.9 Å². The van der Waals surface area contributed by atoms with Crippen molar-refractivity contribution in [3.8, 4) is 5.75 Å². The molecular formula is C11H11F3N2O. The number of aromatic nitrogens is 1. The number of hydrogen-bond donors (Lipinski definition) is 3. The van der Waals surface area contributed by atoms with E-state index in [-0.39, 0.29) is 24.3 Å². The van der Waals surface area contributed by atoms with Gasteiger partial charge in [-0.05, 0) is 36.7 Å². The zero-order valence-electron chi connectivity index (χ0n) is 8.80. The van der Waals surface area contributed by atoms with E-state index < -0.39 is 11.9 Å². The Hall–Kier alpha value is -1.69. The fourth-order valence-corrected chi connectivity index (χ4v) is 1.88. The summed E-state index contributed by atoms with van der Waals surface area (Å²) in [6.07, 6.45) is -4.34. The summed E-state index contributed by atoms with van der Waals surface area (Å²) in [6.45, 7) is 0.117. The predicted octanol–water partition coefficient (Wildman–Crippen LogP) is 2.39. The first-order chi connectivity index (χ1) is 7.93. The highest BCUT2D eigenvalue weighted by molar-refractivity contribution is 5.86. The number of aromatic hydroxyl groups is 1. The summed E-state index contributed by atoms with van der Waals surface area (Å²) in [5.74, 6) is -0.0662. The van der Waals surface area contributed by atoms with Gasteiger partial charge in [-0.25, -0.2) is 0 Å². The largest absolute Gasteiger partial charge is 0.508 e. The fourth-order valence-electron chi connectivity index (χ4n) is 1.88. The monoisotopic (exact) mass is 244 g/mol. The number of halogens is 3. The second-order valence-electron chi connectivity index (χ2n) is 3.74. The van der Waals surface area contributed by atoms with Crippen molar-refractivity contribution in [2.75, 3.05) is 6.54 Å². The maximum Gasteiger partial charge on any atom is 0.431 e. The van der Waals surface area contributed by atoms with Gasteiger partial charge in [-0.2, -0.15) is 13.2 Å². The number of rotatable bonds is 2. The lowest BCUT2D eigenvalue weighted by Crippen LogP contribution is -2.11. The molecule has 4 N–H and O–H groups in total. The summed E-state index contributed by atoms with van der Waals surface area (Å²) >= 11 is 0. The van der Waals surface area contributed by atoms with Gasteiger partial charge >= 0.3 is 6.18 Å². The van der Waals surface area contributed by atoms with Gasteiger partial charge in [-0.3, -0.25) is 0 Å². The van der Waals surface area contributed by atoms with Crippen LogP contribution in [-0.4, -0.2) is 16.6 Å². The molecule has 0 saturated heterocycles. The van der Waals surface area contributed by atoms with Gasteiger partial charge in [0.25, 0.3) is 0 Å². The molecule has 0 unspecified atom stereocenters. The number of fused-ring (bicyclic) bond motifs is 1. The Morgan fingerprint density at radius 3 is 2.59 bits per heavy atom. The molecule has 3 nitrogen and oxygen atoms in total. The molecule has 2 rings (SSSR count). The van der Waals surface area contributed by atoms with Crippen molar-refractivity contribution in [1.82, 2.24) is 4.98 Å². The van der Waals surface area contributed by atoms with Crippen molar-refractivity contribution in [3.63, 3.8) is 0 Å². The molecule has 1 heterocycles. The van der Waals surface area contributed by atoms with Crippen LogP contribution in [-0.2, 0) is 12.6 Å². The van der Waals surface area contributed by atoms with Crippen LogP contribution in [0.4, 0.5) is 13.2 Å². The molecule has 1 aromatic heterocycles. The lowest BCUT2D eigenvalue weighted by Gasteiger charge is -2.07. The highest BCUT2D eigenvalue weighted by Crippen LogP contribution is 2.36. The second-order valence-corrected chi connectivity index (χ2v) is 3.74. The topological polar surface area (TPSA) is 62.0 Å². The summed E-state index contributed by atoms with van der Waals surface area (Å²) in [5, 5.41) is 9.67. The van der Waals surface area contributed by atoms with E-state index in [4.69, 9.17) is 5.73 Å². The minimum absolute atomic E-state index is 0.0662. The molecule has 92 valence electrons.